The van der Waals surface area contributed by atoms with Gasteiger partial charge in [-0.25, -0.2) is 0 Å². The first kappa shape index (κ1) is 21.6. The first-order valence-electron chi connectivity index (χ1n) is 9.28. The number of carbonyl (C=O) groups excluding carboxylic acids is 1. The second kappa shape index (κ2) is 7.23. The number of aliphatic hydroxyl groups is 1. The SMILES string of the molecule is Cn1cc(C2C3OC(CC3O)C2C(=O)Nc2cccc(C(F)(F)F)c2)c(C(F)(F)F)n1. The maximum atomic E-state index is 13.5. The highest BCUT2D eigenvalue weighted by Crippen LogP contribution is 2.51. The lowest BCUT2D eigenvalue weighted by Crippen LogP contribution is -2.41. The number of benzene rings is 1. The minimum Gasteiger partial charge on any atom is -0.390 e. The molecule has 2 aromatic rings. The fourth-order valence-electron chi connectivity index (χ4n) is 4.38. The molecule has 0 aliphatic carbocycles. The zero-order valence-corrected chi connectivity index (χ0v) is 15.9. The van der Waals surface area contributed by atoms with E-state index < -0.39 is 59.7 Å². The van der Waals surface area contributed by atoms with E-state index in [2.05, 4.69) is 10.4 Å². The normalized spacial score (nSPS) is 28.2. The van der Waals surface area contributed by atoms with Crippen LogP contribution in [0.1, 0.15) is 29.2 Å². The number of hydrogen-bond acceptors (Lipinski definition) is 4. The monoisotopic (exact) mass is 449 g/mol. The molecule has 12 heteroatoms. The van der Waals surface area contributed by atoms with Gasteiger partial charge in [0.05, 0.1) is 29.8 Å². The quantitative estimate of drug-likeness (QED) is 0.705. The molecule has 2 saturated heterocycles. The van der Waals surface area contributed by atoms with Crippen molar-refractivity contribution in [3.05, 3.63) is 47.3 Å². The largest absolute Gasteiger partial charge is 0.435 e. The van der Waals surface area contributed by atoms with Crippen molar-refractivity contribution < 1.29 is 41.0 Å². The third kappa shape index (κ3) is 3.89. The maximum absolute atomic E-state index is 13.5. The van der Waals surface area contributed by atoms with Gasteiger partial charge in [0.15, 0.2) is 5.69 Å². The molecule has 3 heterocycles. The van der Waals surface area contributed by atoms with Crippen molar-refractivity contribution in [2.45, 2.75) is 43.0 Å². The van der Waals surface area contributed by atoms with Crippen LogP contribution in [-0.2, 0) is 28.9 Å². The van der Waals surface area contributed by atoms with Crippen LogP contribution >= 0.6 is 0 Å². The molecule has 2 bridgehead atoms. The third-order valence-corrected chi connectivity index (χ3v) is 5.57. The molecule has 5 unspecified atom stereocenters. The number of aryl methyl sites for hydroxylation is 1. The van der Waals surface area contributed by atoms with Crippen LogP contribution < -0.4 is 5.32 Å². The summed E-state index contributed by atoms with van der Waals surface area (Å²) in [4.78, 5) is 13.0. The lowest BCUT2D eigenvalue weighted by atomic mass is 9.73. The Kier molecular flexibility index (Phi) is 5.04. The Morgan fingerprint density at radius 2 is 1.94 bits per heavy atom. The van der Waals surface area contributed by atoms with E-state index in [4.69, 9.17) is 4.74 Å². The number of aliphatic hydroxyl groups excluding tert-OH is 1. The van der Waals surface area contributed by atoms with Gasteiger partial charge in [0, 0.05) is 36.8 Å². The van der Waals surface area contributed by atoms with Gasteiger partial charge in [-0.3, -0.25) is 9.48 Å². The molecule has 0 radical (unpaired) electrons. The Balaban J connectivity index is 1.67. The molecule has 4 rings (SSSR count). The molecule has 1 aromatic heterocycles. The van der Waals surface area contributed by atoms with E-state index >= 15 is 0 Å². The summed E-state index contributed by atoms with van der Waals surface area (Å²) in [5.41, 5.74) is -2.62. The molecule has 168 valence electrons. The molecular formula is C19H17F6N3O3. The average molecular weight is 449 g/mol. The first-order chi connectivity index (χ1) is 14.4. The number of fused-ring (bicyclic) bond motifs is 2. The molecular weight excluding hydrogens is 432 g/mol. The lowest BCUT2D eigenvalue weighted by Gasteiger charge is -2.30. The van der Waals surface area contributed by atoms with Crippen molar-refractivity contribution in [1.29, 1.82) is 0 Å². The van der Waals surface area contributed by atoms with E-state index in [1.54, 1.807) is 0 Å². The van der Waals surface area contributed by atoms with Gasteiger partial charge in [-0.15, -0.1) is 0 Å². The fraction of sp³-hybridized carbons (Fsp3) is 0.474. The van der Waals surface area contributed by atoms with Crippen molar-refractivity contribution in [3.63, 3.8) is 0 Å². The number of carbonyl (C=O) groups is 1. The standard InChI is InChI=1S/C19H17F6N3O3/c1-28-7-10(16(27-28)19(23,24)25)13-14(12-6-11(29)15(13)31-12)17(30)26-9-4-2-3-8(5-9)18(20,21)22/h2-5,7,11-15,29H,6H2,1H3,(H,26,30). The van der Waals surface area contributed by atoms with Gasteiger partial charge in [0.1, 0.15) is 0 Å². The number of nitrogens with zero attached hydrogens (tertiary/aromatic N) is 2. The van der Waals surface area contributed by atoms with Crippen LogP contribution in [0.5, 0.6) is 0 Å². The topological polar surface area (TPSA) is 76.4 Å². The molecule has 6 nitrogen and oxygen atoms in total. The van der Waals surface area contributed by atoms with Crippen molar-refractivity contribution in [2.24, 2.45) is 13.0 Å². The van der Waals surface area contributed by atoms with Gasteiger partial charge in [-0.2, -0.15) is 31.4 Å². The highest BCUT2D eigenvalue weighted by atomic mass is 19.4. The Morgan fingerprint density at radius 3 is 2.58 bits per heavy atom. The van der Waals surface area contributed by atoms with Crippen LogP contribution in [0.2, 0.25) is 0 Å². The van der Waals surface area contributed by atoms with Gasteiger partial charge in [0.25, 0.3) is 0 Å². The Labute approximate surface area is 171 Å². The fourth-order valence-corrected chi connectivity index (χ4v) is 4.38. The second-order valence-corrected chi connectivity index (χ2v) is 7.67. The smallest absolute Gasteiger partial charge is 0.390 e. The summed E-state index contributed by atoms with van der Waals surface area (Å²) in [6.45, 7) is 0. The number of hydrogen-bond donors (Lipinski definition) is 2. The van der Waals surface area contributed by atoms with Gasteiger partial charge in [0.2, 0.25) is 5.91 Å². The molecule has 1 aromatic carbocycles. The number of halogens is 6. The maximum Gasteiger partial charge on any atom is 0.435 e. The van der Waals surface area contributed by atoms with Gasteiger partial charge in [-0.1, -0.05) is 6.07 Å². The van der Waals surface area contributed by atoms with E-state index in [1.807, 2.05) is 0 Å². The van der Waals surface area contributed by atoms with Gasteiger partial charge < -0.3 is 15.2 Å². The number of alkyl halides is 6. The van der Waals surface area contributed by atoms with Crippen LogP contribution in [0.4, 0.5) is 32.0 Å². The molecule has 0 saturated carbocycles. The van der Waals surface area contributed by atoms with Crippen molar-refractivity contribution in [3.8, 4) is 0 Å². The summed E-state index contributed by atoms with van der Waals surface area (Å²) < 4.78 is 85.8. The molecule has 2 fully saturated rings. The molecule has 2 N–H and O–H groups in total. The van der Waals surface area contributed by atoms with Crippen molar-refractivity contribution in [2.75, 3.05) is 5.32 Å². The molecule has 0 spiro atoms. The predicted molar refractivity (Wildman–Crippen MR) is 93.8 cm³/mol. The van der Waals surface area contributed by atoms with Gasteiger partial charge in [-0.05, 0) is 18.2 Å². The van der Waals surface area contributed by atoms with Crippen LogP contribution in [0.15, 0.2) is 30.5 Å². The van der Waals surface area contributed by atoms with Crippen LogP contribution in [0.3, 0.4) is 0 Å². The number of amides is 1. The van der Waals surface area contributed by atoms with Crippen molar-refractivity contribution >= 4 is 11.6 Å². The Bertz CT molecular complexity index is 1000. The van der Waals surface area contributed by atoms with Crippen LogP contribution in [0, 0.1) is 5.92 Å². The molecule has 2 aliphatic heterocycles. The number of nitrogens with one attached hydrogen (secondary N) is 1. The minimum atomic E-state index is -4.80. The van der Waals surface area contributed by atoms with E-state index in [0.29, 0.717) is 0 Å². The summed E-state index contributed by atoms with van der Waals surface area (Å²) in [5.74, 6) is -3.10. The minimum absolute atomic E-state index is 0.0312. The van der Waals surface area contributed by atoms with E-state index in [-0.39, 0.29) is 17.7 Å². The summed E-state index contributed by atoms with van der Waals surface area (Å²) >= 11 is 0. The second-order valence-electron chi connectivity index (χ2n) is 7.67. The van der Waals surface area contributed by atoms with E-state index in [0.717, 1.165) is 29.1 Å². The molecule has 1 amide bonds. The zero-order valence-electron chi connectivity index (χ0n) is 15.9. The summed E-state index contributed by atoms with van der Waals surface area (Å²) in [7, 11) is 1.29. The highest BCUT2D eigenvalue weighted by molar-refractivity contribution is 5.94. The summed E-state index contributed by atoms with van der Waals surface area (Å²) in [6.07, 6.45) is -11.3. The Hall–Kier alpha value is -2.60. The highest BCUT2D eigenvalue weighted by Gasteiger charge is 2.59. The van der Waals surface area contributed by atoms with E-state index in [1.165, 1.54) is 13.1 Å². The summed E-state index contributed by atoms with van der Waals surface area (Å²) in [5, 5.41) is 16.0. The molecule has 31 heavy (non-hydrogen) atoms. The average Bonchev–Trinajstić information content (AvgIpc) is 3.32. The lowest BCUT2D eigenvalue weighted by molar-refractivity contribution is -0.143. The van der Waals surface area contributed by atoms with Crippen LogP contribution in [0.25, 0.3) is 0 Å². The first-order valence-corrected chi connectivity index (χ1v) is 9.28. The number of rotatable bonds is 3. The molecule has 2 aliphatic rings. The Morgan fingerprint density at radius 1 is 1.23 bits per heavy atom. The number of aromatic nitrogens is 2. The van der Waals surface area contributed by atoms with Gasteiger partial charge >= 0.3 is 12.4 Å². The third-order valence-electron chi connectivity index (χ3n) is 5.57. The molecule has 5 atom stereocenters. The summed E-state index contributed by atoms with van der Waals surface area (Å²) in [6, 6.07) is 3.93. The zero-order chi connectivity index (χ0) is 22.7. The number of anilines is 1. The van der Waals surface area contributed by atoms with E-state index in [9.17, 15) is 36.2 Å². The predicted octanol–water partition coefficient (Wildman–Crippen LogP) is 3.33. The van der Waals surface area contributed by atoms with Crippen LogP contribution in [-0.4, -0.2) is 39.1 Å². The number of ether oxygens (including phenoxy) is 1. The van der Waals surface area contributed by atoms with Crippen molar-refractivity contribution in [1.82, 2.24) is 9.78 Å².